The average molecular weight is 389 g/mol. The summed E-state index contributed by atoms with van der Waals surface area (Å²) in [6.07, 6.45) is 3.60. The molecule has 1 aromatic rings. The molecule has 0 aromatic heterocycles. The number of nitrogens with one attached hydrogen (secondary N) is 2. The second-order valence-electron chi connectivity index (χ2n) is 7.75. The van der Waals surface area contributed by atoms with Crippen LogP contribution in [0.15, 0.2) is 24.3 Å². The molecule has 28 heavy (non-hydrogen) atoms. The SMILES string of the molecule is CC1CCN(CCCNC(=O)C(=O)Nc2ccc(CC(=O)N(C)C)cc2)CC1. The van der Waals surface area contributed by atoms with Crippen LogP contribution in [-0.4, -0.2) is 67.8 Å². The summed E-state index contributed by atoms with van der Waals surface area (Å²) in [5.41, 5.74) is 1.39. The lowest BCUT2D eigenvalue weighted by Crippen LogP contribution is -2.38. The monoisotopic (exact) mass is 388 g/mol. The van der Waals surface area contributed by atoms with Crippen LogP contribution in [0.5, 0.6) is 0 Å². The molecular weight excluding hydrogens is 356 g/mol. The molecule has 1 saturated heterocycles. The third-order valence-corrected chi connectivity index (χ3v) is 5.09. The molecule has 1 heterocycles. The highest BCUT2D eigenvalue weighted by Gasteiger charge is 2.16. The zero-order valence-electron chi connectivity index (χ0n) is 17.2. The van der Waals surface area contributed by atoms with Gasteiger partial charge < -0.3 is 20.4 Å². The number of carbonyl (C=O) groups excluding carboxylic acids is 3. The van der Waals surface area contributed by atoms with Crippen molar-refractivity contribution < 1.29 is 14.4 Å². The van der Waals surface area contributed by atoms with Gasteiger partial charge in [-0.3, -0.25) is 14.4 Å². The first-order valence-corrected chi connectivity index (χ1v) is 9.95. The molecule has 154 valence electrons. The summed E-state index contributed by atoms with van der Waals surface area (Å²) >= 11 is 0. The van der Waals surface area contributed by atoms with Gasteiger partial charge in [0.1, 0.15) is 0 Å². The first-order valence-electron chi connectivity index (χ1n) is 9.95. The molecule has 0 unspecified atom stereocenters. The van der Waals surface area contributed by atoms with Gasteiger partial charge >= 0.3 is 11.8 Å². The zero-order valence-corrected chi connectivity index (χ0v) is 17.2. The van der Waals surface area contributed by atoms with Crippen molar-refractivity contribution in [1.82, 2.24) is 15.1 Å². The second-order valence-corrected chi connectivity index (χ2v) is 7.75. The lowest BCUT2D eigenvalue weighted by Gasteiger charge is -2.30. The number of likely N-dealkylation sites (N-methyl/N-ethyl adjacent to an activating group) is 1. The fourth-order valence-corrected chi connectivity index (χ4v) is 3.10. The summed E-state index contributed by atoms with van der Waals surface area (Å²) in [6.45, 7) is 5.95. The van der Waals surface area contributed by atoms with Gasteiger partial charge in [0.2, 0.25) is 5.91 Å². The van der Waals surface area contributed by atoms with E-state index in [1.165, 1.54) is 17.7 Å². The van der Waals surface area contributed by atoms with Gasteiger partial charge in [0.15, 0.2) is 0 Å². The predicted octanol–water partition coefficient (Wildman–Crippen LogP) is 1.49. The number of hydrogen-bond donors (Lipinski definition) is 2. The fraction of sp³-hybridized carbons (Fsp3) is 0.571. The summed E-state index contributed by atoms with van der Waals surface area (Å²) in [6, 6.07) is 6.93. The van der Waals surface area contributed by atoms with Gasteiger partial charge in [-0.1, -0.05) is 19.1 Å². The van der Waals surface area contributed by atoms with Gasteiger partial charge in [-0.15, -0.1) is 0 Å². The van der Waals surface area contributed by atoms with Gasteiger partial charge in [-0.25, -0.2) is 0 Å². The molecule has 3 amide bonds. The second kappa shape index (κ2) is 10.8. The Kier molecular flexibility index (Phi) is 8.44. The summed E-state index contributed by atoms with van der Waals surface area (Å²) in [5.74, 6) is -0.486. The maximum atomic E-state index is 12.0. The number of nitrogens with zero attached hydrogens (tertiary/aromatic N) is 2. The molecule has 2 rings (SSSR count). The predicted molar refractivity (Wildman–Crippen MR) is 110 cm³/mol. The molecule has 2 N–H and O–H groups in total. The maximum Gasteiger partial charge on any atom is 0.313 e. The van der Waals surface area contributed by atoms with E-state index in [2.05, 4.69) is 22.5 Å². The molecule has 0 saturated carbocycles. The van der Waals surface area contributed by atoms with E-state index in [1.54, 1.807) is 38.4 Å². The van der Waals surface area contributed by atoms with Crippen molar-refractivity contribution >= 4 is 23.4 Å². The zero-order chi connectivity index (χ0) is 20.5. The summed E-state index contributed by atoms with van der Waals surface area (Å²) in [5, 5.41) is 5.26. The highest BCUT2D eigenvalue weighted by molar-refractivity contribution is 6.39. The summed E-state index contributed by atoms with van der Waals surface area (Å²) in [7, 11) is 3.42. The highest BCUT2D eigenvalue weighted by Crippen LogP contribution is 2.15. The number of amides is 3. The van der Waals surface area contributed by atoms with Crippen molar-refractivity contribution in [2.24, 2.45) is 5.92 Å². The number of hydrogen-bond acceptors (Lipinski definition) is 4. The lowest BCUT2D eigenvalue weighted by atomic mass is 9.99. The van der Waals surface area contributed by atoms with E-state index < -0.39 is 11.8 Å². The van der Waals surface area contributed by atoms with Gasteiger partial charge in [-0.05, 0) is 62.5 Å². The molecule has 0 radical (unpaired) electrons. The normalized spacial score (nSPS) is 15.1. The van der Waals surface area contributed by atoms with Crippen LogP contribution in [0.3, 0.4) is 0 Å². The number of rotatable bonds is 7. The van der Waals surface area contributed by atoms with E-state index in [9.17, 15) is 14.4 Å². The van der Waals surface area contributed by atoms with Crippen molar-refractivity contribution in [2.75, 3.05) is 45.6 Å². The van der Waals surface area contributed by atoms with Crippen LogP contribution in [-0.2, 0) is 20.8 Å². The van der Waals surface area contributed by atoms with Gasteiger partial charge in [0.25, 0.3) is 0 Å². The van der Waals surface area contributed by atoms with E-state index >= 15 is 0 Å². The maximum absolute atomic E-state index is 12.0. The molecule has 0 atom stereocenters. The summed E-state index contributed by atoms with van der Waals surface area (Å²) in [4.78, 5) is 39.6. The van der Waals surface area contributed by atoms with Crippen molar-refractivity contribution in [1.29, 1.82) is 0 Å². The molecule has 1 aromatic carbocycles. The van der Waals surface area contributed by atoms with Gasteiger partial charge in [-0.2, -0.15) is 0 Å². The molecular formula is C21H32N4O3. The molecule has 7 heteroatoms. The standard InChI is InChI=1S/C21H32N4O3/c1-16-9-13-25(14-10-16)12-4-11-22-20(27)21(28)23-18-7-5-17(6-8-18)15-19(26)24(2)3/h5-8,16H,4,9-15H2,1-3H3,(H,22,27)(H,23,28). The average Bonchev–Trinajstić information content (AvgIpc) is 2.67. The van der Waals surface area contributed by atoms with Gasteiger partial charge in [0.05, 0.1) is 6.42 Å². The van der Waals surface area contributed by atoms with Crippen LogP contribution in [0.25, 0.3) is 0 Å². The van der Waals surface area contributed by atoms with Crippen molar-refractivity contribution in [3.05, 3.63) is 29.8 Å². The fourth-order valence-electron chi connectivity index (χ4n) is 3.10. The number of anilines is 1. The van der Waals surface area contributed by atoms with Crippen LogP contribution in [0.2, 0.25) is 0 Å². The Morgan fingerprint density at radius 3 is 2.32 bits per heavy atom. The van der Waals surface area contributed by atoms with Crippen molar-refractivity contribution in [3.8, 4) is 0 Å². The Labute approximate surface area is 167 Å². The Balaban J connectivity index is 1.67. The van der Waals surface area contributed by atoms with E-state index in [4.69, 9.17) is 0 Å². The van der Waals surface area contributed by atoms with E-state index in [0.29, 0.717) is 18.7 Å². The molecule has 0 bridgehead atoms. The molecule has 0 spiro atoms. The van der Waals surface area contributed by atoms with Crippen molar-refractivity contribution in [2.45, 2.75) is 32.6 Å². The molecule has 1 fully saturated rings. The van der Waals surface area contributed by atoms with Crippen LogP contribution in [0.1, 0.15) is 31.7 Å². The van der Waals surface area contributed by atoms with Crippen LogP contribution < -0.4 is 10.6 Å². The third-order valence-electron chi connectivity index (χ3n) is 5.09. The topological polar surface area (TPSA) is 81.8 Å². The lowest BCUT2D eigenvalue weighted by molar-refractivity contribution is -0.136. The first-order chi connectivity index (χ1) is 13.3. The number of benzene rings is 1. The molecule has 0 aliphatic carbocycles. The third kappa shape index (κ3) is 7.31. The Morgan fingerprint density at radius 2 is 1.71 bits per heavy atom. The van der Waals surface area contributed by atoms with Crippen LogP contribution in [0.4, 0.5) is 5.69 Å². The van der Waals surface area contributed by atoms with E-state index in [-0.39, 0.29) is 5.91 Å². The minimum atomic E-state index is -0.677. The molecule has 7 nitrogen and oxygen atoms in total. The van der Waals surface area contributed by atoms with Crippen LogP contribution in [0, 0.1) is 5.92 Å². The van der Waals surface area contributed by atoms with E-state index in [1.807, 2.05) is 0 Å². The van der Waals surface area contributed by atoms with Gasteiger partial charge in [0, 0.05) is 26.3 Å². The van der Waals surface area contributed by atoms with Crippen LogP contribution >= 0.6 is 0 Å². The minimum absolute atomic E-state index is 0.00947. The number of carbonyl (C=O) groups is 3. The Hall–Kier alpha value is -2.41. The van der Waals surface area contributed by atoms with E-state index in [0.717, 1.165) is 37.5 Å². The largest absolute Gasteiger partial charge is 0.349 e. The minimum Gasteiger partial charge on any atom is -0.349 e. The Morgan fingerprint density at radius 1 is 1.07 bits per heavy atom. The smallest absolute Gasteiger partial charge is 0.313 e. The number of likely N-dealkylation sites (tertiary alicyclic amines) is 1. The molecule has 1 aliphatic heterocycles. The molecule has 1 aliphatic rings. The first kappa shape index (κ1) is 21.9. The van der Waals surface area contributed by atoms with Crippen molar-refractivity contribution in [3.63, 3.8) is 0 Å². The summed E-state index contributed by atoms with van der Waals surface area (Å²) < 4.78 is 0. The Bertz CT molecular complexity index is 665. The highest BCUT2D eigenvalue weighted by atomic mass is 16.2. The quantitative estimate of drug-likeness (QED) is 0.548. The number of piperidine rings is 1.